The van der Waals surface area contributed by atoms with Crippen LogP contribution in [0, 0.1) is 0 Å². The van der Waals surface area contributed by atoms with Crippen LogP contribution in [0.5, 0.6) is 0 Å². The molecular formula is C15H23N. The first-order valence-electron chi connectivity index (χ1n) is 6.39. The molecule has 0 bridgehead atoms. The smallest absolute Gasteiger partial charge is 0.0213 e. The molecule has 1 saturated carbocycles. The molecule has 2 rings (SSSR count). The van der Waals surface area contributed by atoms with E-state index in [1.54, 1.807) is 5.56 Å². The van der Waals surface area contributed by atoms with E-state index in [1.165, 1.54) is 24.8 Å². The summed E-state index contributed by atoms with van der Waals surface area (Å²) >= 11 is 0. The van der Waals surface area contributed by atoms with E-state index < -0.39 is 0 Å². The minimum absolute atomic E-state index is 0.201. The van der Waals surface area contributed by atoms with E-state index >= 15 is 0 Å². The van der Waals surface area contributed by atoms with Crippen LogP contribution in [-0.4, -0.2) is 5.54 Å². The van der Waals surface area contributed by atoms with Gasteiger partial charge in [-0.05, 0) is 50.7 Å². The van der Waals surface area contributed by atoms with Gasteiger partial charge in [0.25, 0.3) is 0 Å². The molecule has 1 N–H and O–H groups in total. The van der Waals surface area contributed by atoms with Gasteiger partial charge < -0.3 is 5.32 Å². The Hall–Kier alpha value is -0.820. The van der Waals surface area contributed by atoms with Crippen molar-refractivity contribution in [3.05, 3.63) is 35.4 Å². The molecule has 88 valence electrons. The maximum absolute atomic E-state index is 3.58. The zero-order valence-corrected chi connectivity index (χ0v) is 10.7. The molecule has 0 saturated heterocycles. The third-order valence-electron chi connectivity index (χ3n) is 3.41. The number of rotatable bonds is 3. The molecular weight excluding hydrogens is 194 g/mol. The fraction of sp³-hybridized carbons (Fsp3) is 0.600. The monoisotopic (exact) mass is 217 g/mol. The van der Waals surface area contributed by atoms with Gasteiger partial charge in [0.1, 0.15) is 0 Å². The average Bonchev–Trinajstić information content (AvgIpc) is 2.12. The minimum atomic E-state index is 0.201. The predicted octanol–water partition coefficient (Wildman–Crippen LogP) is 3.84. The Balaban J connectivity index is 2.07. The minimum Gasteiger partial charge on any atom is -0.308 e. The highest BCUT2D eigenvalue weighted by Gasteiger charge is 2.22. The summed E-state index contributed by atoms with van der Waals surface area (Å²) in [6.07, 6.45) is 4.17. The summed E-state index contributed by atoms with van der Waals surface area (Å²) in [6.45, 7) is 7.66. The van der Waals surface area contributed by atoms with E-state index in [9.17, 15) is 0 Å². The number of hydrogen-bond acceptors (Lipinski definition) is 1. The van der Waals surface area contributed by atoms with Crippen LogP contribution in [0.1, 0.15) is 57.1 Å². The van der Waals surface area contributed by atoms with E-state index in [4.69, 9.17) is 0 Å². The van der Waals surface area contributed by atoms with Crippen LogP contribution < -0.4 is 5.32 Å². The van der Waals surface area contributed by atoms with Crippen molar-refractivity contribution in [2.45, 2.75) is 58.0 Å². The van der Waals surface area contributed by atoms with Crippen molar-refractivity contribution in [1.29, 1.82) is 0 Å². The summed E-state index contributed by atoms with van der Waals surface area (Å²) in [5.41, 5.74) is 3.26. The molecule has 1 aromatic carbocycles. The van der Waals surface area contributed by atoms with Crippen molar-refractivity contribution >= 4 is 0 Å². The first-order chi connectivity index (χ1) is 7.56. The molecule has 0 radical (unpaired) electrons. The molecule has 1 aliphatic carbocycles. The Labute approximate surface area is 99.3 Å². The highest BCUT2D eigenvalue weighted by molar-refractivity contribution is 5.31. The van der Waals surface area contributed by atoms with E-state index in [2.05, 4.69) is 50.4 Å². The zero-order valence-electron chi connectivity index (χ0n) is 10.7. The van der Waals surface area contributed by atoms with Crippen molar-refractivity contribution < 1.29 is 0 Å². The van der Waals surface area contributed by atoms with Gasteiger partial charge in [0, 0.05) is 12.1 Å². The summed E-state index contributed by atoms with van der Waals surface area (Å²) in [5, 5.41) is 3.58. The quantitative estimate of drug-likeness (QED) is 0.811. The Morgan fingerprint density at radius 1 is 1.19 bits per heavy atom. The summed E-state index contributed by atoms with van der Waals surface area (Å²) in [7, 11) is 0. The lowest BCUT2D eigenvalue weighted by Gasteiger charge is -2.29. The first kappa shape index (κ1) is 11.7. The van der Waals surface area contributed by atoms with Gasteiger partial charge >= 0.3 is 0 Å². The third kappa shape index (κ3) is 2.85. The molecule has 0 aliphatic heterocycles. The van der Waals surface area contributed by atoms with E-state index in [0.717, 1.165) is 12.5 Å². The van der Waals surface area contributed by atoms with E-state index in [1.807, 2.05) is 0 Å². The van der Waals surface area contributed by atoms with Gasteiger partial charge in [0.15, 0.2) is 0 Å². The van der Waals surface area contributed by atoms with Crippen LogP contribution in [-0.2, 0) is 6.54 Å². The number of benzene rings is 1. The van der Waals surface area contributed by atoms with Crippen LogP contribution in [0.15, 0.2) is 24.3 Å². The van der Waals surface area contributed by atoms with E-state index in [0.29, 0.717) is 0 Å². The molecule has 0 amide bonds. The number of hydrogen-bond donors (Lipinski definition) is 1. The maximum atomic E-state index is 3.58. The van der Waals surface area contributed by atoms with Crippen LogP contribution in [0.25, 0.3) is 0 Å². The van der Waals surface area contributed by atoms with Crippen LogP contribution in [0.4, 0.5) is 0 Å². The largest absolute Gasteiger partial charge is 0.308 e. The summed E-state index contributed by atoms with van der Waals surface area (Å²) in [5.74, 6) is 0.831. The first-order valence-corrected chi connectivity index (χ1v) is 6.39. The van der Waals surface area contributed by atoms with E-state index in [-0.39, 0.29) is 5.54 Å². The second-order valence-corrected chi connectivity index (χ2v) is 5.93. The molecule has 16 heavy (non-hydrogen) atoms. The predicted molar refractivity (Wildman–Crippen MR) is 69.6 cm³/mol. The molecule has 1 fully saturated rings. The fourth-order valence-electron chi connectivity index (χ4n) is 2.17. The van der Waals surface area contributed by atoms with Gasteiger partial charge in [0.2, 0.25) is 0 Å². The Morgan fingerprint density at radius 2 is 1.88 bits per heavy atom. The number of nitrogens with one attached hydrogen (secondary N) is 1. The highest BCUT2D eigenvalue weighted by Crippen LogP contribution is 2.37. The molecule has 1 aromatic rings. The Kier molecular flexibility index (Phi) is 3.34. The molecule has 0 heterocycles. The van der Waals surface area contributed by atoms with Gasteiger partial charge in [-0.2, -0.15) is 0 Å². The van der Waals surface area contributed by atoms with Gasteiger partial charge in [-0.15, -0.1) is 0 Å². The Bertz CT molecular complexity index is 345. The van der Waals surface area contributed by atoms with Crippen LogP contribution in [0.3, 0.4) is 0 Å². The van der Waals surface area contributed by atoms with Crippen LogP contribution in [0.2, 0.25) is 0 Å². The van der Waals surface area contributed by atoms with Crippen molar-refractivity contribution in [2.75, 3.05) is 0 Å². The molecule has 1 heteroatoms. The SMILES string of the molecule is CC(C)(C)NCc1ccccc1C1CCC1. The second-order valence-electron chi connectivity index (χ2n) is 5.93. The normalized spacial score (nSPS) is 17.2. The molecule has 1 aliphatic rings. The second kappa shape index (κ2) is 4.58. The lowest BCUT2D eigenvalue weighted by molar-refractivity contribution is 0.403. The maximum Gasteiger partial charge on any atom is 0.0213 e. The molecule has 0 atom stereocenters. The lowest BCUT2D eigenvalue weighted by atomic mass is 9.78. The van der Waals surface area contributed by atoms with Crippen molar-refractivity contribution in [2.24, 2.45) is 0 Å². The molecule has 0 aromatic heterocycles. The van der Waals surface area contributed by atoms with Gasteiger partial charge in [-0.3, -0.25) is 0 Å². The lowest BCUT2D eigenvalue weighted by Crippen LogP contribution is -2.35. The van der Waals surface area contributed by atoms with Gasteiger partial charge in [0.05, 0.1) is 0 Å². The topological polar surface area (TPSA) is 12.0 Å². The van der Waals surface area contributed by atoms with Crippen LogP contribution >= 0.6 is 0 Å². The molecule has 0 spiro atoms. The standard InChI is InChI=1S/C15H23N/c1-15(2,3)16-11-13-7-4-5-10-14(13)12-8-6-9-12/h4-5,7,10,12,16H,6,8-9,11H2,1-3H3. The highest BCUT2D eigenvalue weighted by atomic mass is 14.9. The van der Waals surface area contributed by atoms with Crippen molar-refractivity contribution in [1.82, 2.24) is 5.32 Å². The Morgan fingerprint density at radius 3 is 2.44 bits per heavy atom. The van der Waals surface area contributed by atoms with Gasteiger partial charge in [-0.1, -0.05) is 30.7 Å². The average molecular weight is 217 g/mol. The fourth-order valence-corrected chi connectivity index (χ4v) is 2.17. The third-order valence-corrected chi connectivity index (χ3v) is 3.41. The summed E-state index contributed by atoms with van der Waals surface area (Å²) in [4.78, 5) is 0. The molecule has 1 nitrogen and oxygen atoms in total. The van der Waals surface area contributed by atoms with Crippen molar-refractivity contribution in [3.8, 4) is 0 Å². The van der Waals surface area contributed by atoms with Gasteiger partial charge in [-0.25, -0.2) is 0 Å². The van der Waals surface area contributed by atoms with Crippen molar-refractivity contribution in [3.63, 3.8) is 0 Å². The summed E-state index contributed by atoms with van der Waals surface area (Å²) < 4.78 is 0. The zero-order chi connectivity index (χ0) is 11.6. The molecule has 0 unspecified atom stereocenters. The summed E-state index contributed by atoms with van der Waals surface area (Å²) in [6, 6.07) is 8.91.